The van der Waals surface area contributed by atoms with E-state index in [2.05, 4.69) is 25.2 Å². The Balaban J connectivity index is 2.21. The number of phenols is 1. The lowest BCUT2D eigenvalue weighted by atomic mass is 9.59. The second kappa shape index (κ2) is 3.24. The van der Waals surface area contributed by atoms with Crippen LogP contribution in [-0.2, 0) is 11.8 Å². The van der Waals surface area contributed by atoms with Crippen molar-refractivity contribution >= 4 is 0 Å². The van der Waals surface area contributed by atoms with Crippen LogP contribution in [0.4, 0.5) is 0 Å². The SMILES string of the molecule is C[C@@H]1[C@H]2Cc3c(O)cccc3[C@@]1(C)CCN2. The number of hydrogen-bond donors (Lipinski definition) is 2. The van der Waals surface area contributed by atoms with Crippen LogP contribution in [0.15, 0.2) is 18.2 Å². The summed E-state index contributed by atoms with van der Waals surface area (Å²) in [4.78, 5) is 0. The van der Waals surface area contributed by atoms with E-state index in [1.54, 1.807) is 0 Å². The van der Waals surface area contributed by atoms with E-state index in [0.717, 1.165) is 13.0 Å². The summed E-state index contributed by atoms with van der Waals surface area (Å²) in [5.74, 6) is 1.12. The molecule has 0 unspecified atom stereocenters. The highest BCUT2D eigenvalue weighted by molar-refractivity contribution is 5.47. The minimum atomic E-state index is 0.238. The van der Waals surface area contributed by atoms with Gasteiger partial charge in [0.15, 0.2) is 0 Å². The average molecular weight is 217 g/mol. The van der Waals surface area contributed by atoms with Crippen LogP contribution in [-0.4, -0.2) is 17.7 Å². The van der Waals surface area contributed by atoms with Gasteiger partial charge in [-0.2, -0.15) is 0 Å². The third-order valence-electron chi connectivity index (χ3n) is 4.85. The predicted octanol–water partition coefficient (Wildman–Crippen LogP) is 2.20. The molecule has 1 aliphatic heterocycles. The van der Waals surface area contributed by atoms with Crippen LogP contribution < -0.4 is 5.32 Å². The first-order chi connectivity index (χ1) is 7.63. The predicted molar refractivity (Wildman–Crippen MR) is 64.7 cm³/mol. The maximum atomic E-state index is 9.98. The molecule has 1 fully saturated rings. The molecular weight excluding hydrogens is 198 g/mol. The van der Waals surface area contributed by atoms with E-state index in [1.165, 1.54) is 17.5 Å². The molecule has 1 aromatic carbocycles. The fraction of sp³-hybridized carbons (Fsp3) is 0.571. The molecule has 2 nitrogen and oxygen atoms in total. The Morgan fingerprint density at radius 1 is 1.44 bits per heavy atom. The van der Waals surface area contributed by atoms with Gasteiger partial charge in [-0.15, -0.1) is 0 Å². The first-order valence-electron chi connectivity index (χ1n) is 6.17. The van der Waals surface area contributed by atoms with Crippen molar-refractivity contribution in [1.29, 1.82) is 0 Å². The lowest BCUT2D eigenvalue weighted by Crippen LogP contribution is -2.56. The molecule has 2 bridgehead atoms. The molecule has 3 rings (SSSR count). The second-order valence-corrected chi connectivity index (χ2v) is 5.52. The van der Waals surface area contributed by atoms with Crippen molar-refractivity contribution in [3.63, 3.8) is 0 Å². The molecule has 0 saturated carbocycles. The van der Waals surface area contributed by atoms with E-state index < -0.39 is 0 Å². The Morgan fingerprint density at radius 2 is 2.25 bits per heavy atom. The summed E-state index contributed by atoms with van der Waals surface area (Å²) in [6.07, 6.45) is 2.14. The van der Waals surface area contributed by atoms with Gasteiger partial charge in [-0.05, 0) is 47.9 Å². The number of hydrogen-bond acceptors (Lipinski definition) is 2. The van der Waals surface area contributed by atoms with Gasteiger partial charge in [0.25, 0.3) is 0 Å². The smallest absolute Gasteiger partial charge is 0.119 e. The quantitative estimate of drug-likeness (QED) is 0.698. The average Bonchev–Trinajstić information content (AvgIpc) is 2.24. The molecular formula is C14H19NO. The molecule has 1 aromatic rings. The largest absolute Gasteiger partial charge is 0.508 e. The summed E-state index contributed by atoms with van der Waals surface area (Å²) in [6, 6.07) is 6.52. The number of piperidine rings is 1. The van der Waals surface area contributed by atoms with E-state index in [0.29, 0.717) is 17.7 Å². The number of phenolic OH excluding ortho intramolecular Hbond substituents is 1. The van der Waals surface area contributed by atoms with Crippen LogP contribution in [0, 0.1) is 5.92 Å². The van der Waals surface area contributed by atoms with Crippen molar-refractivity contribution in [3.8, 4) is 5.75 Å². The van der Waals surface area contributed by atoms with Gasteiger partial charge in [0, 0.05) is 6.04 Å². The molecule has 0 amide bonds. The number of fused-ring (bicyclic) bond motifs is 4. The standard InChI is InChI=1S/C14H19NO/c1-9-12-8-10-11(4-3-5-13(10)16)14(9,2)6-7-15-12/h3-5,9,12,15-16H,6-8H2,1-2H3/t9-,12-,14+/m1/s1. The number of nitrogens with one attached hydrogen (secondary N) is 1. The van der Waals surface area contributed by atoms with Crippen molar-refractivity contribution in [2.24, 2.45) is 5.92 Å². The summed E-state index contributed by atoms with van der Waals surface area (Å²) in [5, 5.41) is 13.6. The molecule has 86 valence electrons. The molecule has 1 heterocycles. The molecule has 16 heavy (non-hydrogen) atoms. The van der Waals surface area contributed by atoms with Gasteiger partial charge >= 0.3 is 0 Å². The van der Waals surface area contributed by atoms with Crippen molar-refractivity contribution in [1.82, 2.24) is 5.32 Å². The van der Waals surface area contributed by atoms with Crippen molar-refractivity contribution < 1.29 is 5.11 Å². The van der Waals surface area contributed by atoms with Crippen LogP contribution in [0.3, 0.4) is 0 Å². The van der Waals surface area contributed by atoms with Crippen LogP contribution in [0.2, 0.25) is 0 Å². The van der Waals surface area contributed by atoms with E-state index in [-0.39, 0.29) is 5.41 Å². The van der Waals surface area contributed by atoms with Crippen LogP contribution in [0.5, 0.6) is 5.75 Å². The lowest BCUT2D eigenvalue weighted by molar-refractivity contribution is 0.156. The molecule has 2 heteroatoms. The Hall–Kier alpha value is -1.02. The van der Waals surface area contributed by atoms with Crippen molar-refractivity contribution in [3.05, 3.63) is 29.3 Å². The third-order valence-corrected chi connectivity index (χ3v) is 4.85. The van der Waals surface area contributed by atoms with E-state index in [9.17, 15) is 5.11 Å². The van der Waals surface area contributed by atoms with Gasteiger partial charge in [-0.1, -0.05) is 26.0 Å². The molecule has 1 saturated heterocycles. The Labute approximate surface area is 96.7 Å². The minimum Gasteiger partial charge on any atom is -0.508 e. The zero-order valence-corrected chi connectivity index (χ0v) is 9.96. The highest BCUT2D eigenvalue weighted by Gasteiger charge is 2.45. The fourth-order valence-electron chi connectivity index (χ4n) is 3.54. The third kappa shape index (κ3) is 1.17. The van der Waals surface area contributed by atoms with Crippen molar-refractivity contribution in [2.75, 3.05) is 6.54 Å². The normalized spacial score (nSPS) is 36.9. The molecule has 2 aliphatic rings. The maximum Gasteiger partial charge on any atom is 0.119 e. The molecule has 1 aliphatic carbocycles. The van der Waals surface area contributed by atoms with Gasteiger partial charge in [-0.25, -0.2) is 0 Å². The fourth-order valence-corrected chi connectivity index (χ4v) is 3.54. The summed E-state index contributed by atoms with van der Waals surface area (Å²) in [6.45, 7) is 5.79. The minimum absolute atomic E-state index is 0.238. The van der Waals surface area contributed by atoms with Crippen LogP contribution in [0.25, 0.3) is 0 Å². The number of aromatic hydroxyl groups is 1. The van der Waals surface area contributed by atoms with Gasteiger partial charge in [0.05, 0.1) is 0 Å². The van der Waals surface area contributed by atoms with E-state index in [4.69, 9.17) is 0 Å². The first kappa shape index (κ1) is 10.2. The van der Waals surface area contributed by atoms with Crippen LogP contribution in [0.1, 0.15) is 31.4 Å². The van der Waals surface area contributed by atoms with Gasteiger partial charge in [-0.3, -0.25) is 0 Å². The van der Waals surface area contributed by atoms with Gasteiger partial charge < -0.3 is 10.4 Å². The molecule has 0 spiro atoms. The number of benzene rings is 1. The summed E-state index contributed by atoms with van der Waals surface area (Å²) in [7, 11) is 0. The second-order valence-electron chi connectivity index (χ2n) is 5.52. The maximum absolute atomic E-state index is 9.98. The molecule has 3 atom stereocenters. The monoisotopic (exact) mass is 217 g/mol. The molecule has 0 aromatic heterocycles. The zero-order valence-electron chi connectivity index (χ0n) is 9.96. The molecule has 2 N–H and O–H groups in total. The highest BCUT2D eigenvalue weighted by Crippen LogP contribution is 2.47. The summed E-state index contributed by atoms with van der Waals surface area (Å²) in [5.41, 5.74) is 2.78. The highest BCUT2D eigenvalue weighted by atomic mass is 16.3. The summed E-state index contributed by atoms with van der Waals surface area (Å²) < 4.78 is 0. The number of rotatable bonds is 0. The first-order valence-corrected chi connectivity index (χ1v) is 6.17. The molecule has 0 radical (unpaired) electrons. The van der Waals surface area contributed by atoms with Gasteiger partial charge in [0.1, 0.15) is 5.75 Å². The van der Waals surface area contributed by atoms with Crippen LogP contribution >= 0.6 is 0 Å². The lowest BCUT2D eigenvalue weighted by Gasteiger charge is -2.50. The zero-order chi connectivity index (χ0) is 11.3. The topological polar surface area (TPSA) is 32.3 Å². The Kier molecular flexibility index (Phi) is 2.05. The Bertz CT molecular complexity index is 429. The van der Waals surface area contributed by atoms with Crippen molar-refractivity contribution in [2.45, 2.75) is 38.1 Å². The summed E-state index contributed by atoms with van der Waals surface area (Å²) >= 11 is 0. The van der Waals surface area contributed by atoms with Gasteiger partial charge in [0.2, 0.25) is 0 Å². The van der Waals surface area contributed by atoms with E-state index in [1.807, 2.05) is 12.1 Å². The Morgan fingerprint density at radius 3 is 3.06 bits per heavy atom. The van der Waals surface area contributed by atoms with E-state index >= 15 is 0 Å².